The molecule has 2 aromatic carbocycles. The lowest BCUT2D eigenvalue weighted by atomic mass is 10.1. The second-order valence-electron chi connectivity index (χ2n) is 8.96. The quantitative estimate of drug-likeness (QED) is 0.441. The van der Waals surface area contributed by atoms with E-state index in [1.807, 2.05) is 30.3 Å². The maximum Gasteiger partial charge on any atom is 0.414 e. The number of nitrogens with zero attached hydrogens (tertiary/aromatic N) is 3. The number of carboxylic acids is 2. The highest BCUT2D eigenvalue weighted by Gasteiger charge is 2.30. The summed E-state index contributed by atoms with van der Waals surface area (Å²) in [5, 5.41) is 20.0. The summed E-state index contributed by atoms with van der Waals surface area (Å²) in [6.45, 7) is 7.02. The van der Waals surface area contributed by atoms with Gasteiger partial charge < -0.3 is 20.4 Å². The van der Waals surface area contributed by atoms with Gasteiger partial charge in [-0.05, 0) is 48.8 Å². The van der Waals surface area contributed by atoms with E-state index in [0.717, 1.165) is 30.4 Å². The van der Waals surface area contributed by atoms with E-state index in [-0.39, 0.29) is 5.91 Å². The van der Waals surface area contributed by atoms with E-state index in [2.05, 4.69) is 17.1 Å². The van der Waals surface area contributed by atoms with Crippen molar-refractivity contribution in [2.45, 2.75) is 30.7 Å². The van der Waals surface area contributed by atoms with Crippen molar-refractivity contribution >= 4 is 38.6 Å². The van der Waals surface area contributed by atoms with Gasteiger partial charge in [0.1, 0.15) is 0 Å². The lowest BCUT2D eigenvalue weighted by molar-refractivity contribution is -0.159. The monoisotopic (exact) mass is 534 g/mol. The minimum atomic E-state index is -3.57. The Balaban J connectivity index is 0.000000568. The van der Waals surface area contributed by atoms with E-state index in [1.165, 1.54) is 17.1 Å². The predicted molar refractivity (Wildman–Crippen MR) is 138 cm³/mol. The second-order valence-corrected chi connectivity index (χ2v) is 10.9. The van der Waals surface area contributed by atoms with Gasteiger partial charge in [-0.2, -0.15) is 4.31 Å². The van der Waals surface area contributed by atoms with Gasteiger partial charge in [0.2, 0.25) is 15.9 Å². The lowest BCUT2D eigenvalue weighted by Crippen LogP contribution is -2.52. The van der Waals surface area contributed by atoms with E-state index in [1.54, 1.807) is 17.0 Å². The van der Waals surface area contributed by atoms with Crippen molar-refractivity contribution < 1.29 is 33.0 Å². The topological polar surface area (TPSA) is 148 Å². The predicted octanol–water partition coefficient (Wildman–Crippen LogP) is 0.902. The van der Waals surface area contributed by atoms with Crippen molar-refractivity contribution in [1.82, 2.24) is 19.4 Å². The molecule has 0 aromatic heterocycles. The number of amides is 1. The summed E-state index contributed by atoms with van der Waals surface area (Å²) < 4.78 is 27.7. The van der Waals surface area contributed by atoms with Gasteiger partial charge in [-0.25, -0.2) is 18.0 Å². The average Bonchev–Trinajstić information content (AvgIpc) is 3.36. The number of benzene rings is 2. The highest BCUT2D eigenvalue weighted by atomic mass is 32.2. The number of sulfonamides is 1. The minimum Gasteiger partial charge on any atom is -0.473 e. The van der Waals surface area contributed by atoms with Crippen LogP contribution in [0.5, 0.6) is 0 Å². The van der Waals surface area contributed by atoms with Crippen LogP contribution in [-0.2, 0) is 24.4 Å². The number of likely N-dealkylation sites (tertiary alicyclic amines) is 1. The van der Waals surface area contributed by atoms with Crippen molar-refractivity contribution in [3.8, 4) is 0 Å². The van der Waals surface area contributed by atoms with E-state index in [9.17, 15) is 13.2 Å². The van der Waals surface area contributed by atoms with Gasteiger partial charge >= 0.3 is 11.9 Å². The number of carbonyl (C=O) groups excluding carboxylic acids is 1. The third kappa shape index (κ3) is 7.48. The molecule has 0 aliphatic carbocycles. The van der Waals surface area contributed by atoms with Crippen LogP contribution in [0.4, 0.5) is 0 Å². The largest absolute Gasteiger partial charge is 0.473 e. The SMILES string of the molecule is CCN1CCCC1CNCC(=O)N1CCN(S(=O)(=O)c2ccc3ccccc3c2)CC1.O=C(O)C(=O)O. The van der Waals surface area contributed by atoms with Crippen LogP contribution in [-0.4, -0.2) is 109 Å². The Bertz CT molecular complexity index is 1200. The number of carboxylic acid groups (broad SMARTS) is 2. The lowest BCUT2D eigenvalue weighted by Gasteiger charge is -2.34. The summed E-state index contributed by atoms with van der Waals surface area (Å²) in [4.78, 5) is 35.3. The van der Waals surface area contributed by atoms with Crippen LogP contribution in [0.3, 0.4) is 0 Å². The van der Waals surface area contributed by atoms with Gasteiger partial charge in [0.05, 0.1) is 11.4 Å². The molecule has 2 aliphatic rings. The summed E-state index contributed by atoms with van der Waals surface area (Å²) >= 11 is 0. The third-order valence-corrected chi connectivity index (χ3v) is 8.59. The van der Waals surface area contributed by atoms with Crippen LogP contribution in [0.2, 0.25) is 0 Å². The van der Waals surface area contributed by atoms with Gasteiger partial charge in [0.15, 0.2) is 0 Å². The summed E-state index contributed by atoms with van der Waals surface area (Å²) in [6, 6.07) is 13.5. The number of piperazine rings is 1. The van der Waals surface area contributed by atoms with E-state index < -0.39 is 22.0 Å². The Kier molecular flexibility index (Phi) is 9.98. The number of carbonyl (C=O) groups is 3. The van der Waals surface area contributed by atoms with Crippen LogP contribution in [0.15, 0.2) is 47.4 Å². The number of hydrogen-bond donors (Lipinski definition) is 3. The van der Waals surface area contributed by atoms with Crippen molar-refractivity contribution in [1.29, 1.82) is 0 Å². The molecule has 0 saturated carbocycles. The molecule has 2 saturated heterocycles. The van der Waals surface area contributed by atoms with Gasteiger partial charge in [0, 0.05) is 38.8 Å². The molecule has 0 spiro atoms. The maximum atomic E-state index is 13.1. The van der Waals surface area contributed by atoms with Gasteiger partial charge in [0.25, 0.3) is 0 Å². The zero-order valence-electron chi connectivity index (χ0n) is 20.9. The first kappa shape index (κ1) is 28.5. The van der Waals surface area contributed by atoms with Gasteiger partial charge in [-0.3, -0.25) is 9.69 Å². The zero-order chi connectivity index (χ0) is 27.0. The molecular weight excluding hydrogens is 500 g/mol. The smallest absolute Gasteiger partial charge is 0.414 e. The van der Waals surface area contributed by atoms with E-state index >= 15 is 0 Å². The van der Waals surface area contributed by atoms with Crippen molar-refractivity contribution in [2.24, 2.45) is 0 Å². The fourth-order valence-electron chi connectivity index (χ4n) is 4.65. The number of aliphatic carboxylic acids is 2. The molecule has 2 fully saturated rings. The molecule has 1 atom stereocenters. The first-order chi connectivity index (χ1) is 17.6. The average molecular weight is 535 g/mol. The normalized spacial score (nSPS) is 18.8. The molecule has 1 amide bonds. The number of hydrogen-bond acceptors (Lipinski definition) is 7. The first-order valence-electron chi connectivity index (χ1n) is 12.3. The molecule has 4 rings (SSSR count). The molecule has 2 aromatic rings. The molecule has 37 heavy (non-hydrogen) atoms. The molecule has 1 unspecified atom stereocenters. The molecule has 202 valence electrons. The molecule has 11 nitrogen and oxygen atoms in total. The van der Waals surface area contributed by atoms with Crippen LogP contribution < -0.4 is 5.32 Å². The number of fused-ring (bicyclic) bond motifs is 1. The maximum absolute atomic E-state index is 13.1. The summed E-state index contributed by atoms with van der Waals surface area (Å²) in [5.41, 5.74) is 0. The molecule has 0 bridgehead atoms. The second kappa shape index (κ2) is 13.0. The number of nitrogens with one attached hydrogen (secondary N) is 1. The zero-order valence-corrected chi connectivity index (χ0v) is 21.7. The van der Waals surface area contributed by atoms with E-state index in [0.29, 0.717) is 43.7 Å². The standard InChI is InChI=1S/C23H32N4O3S.C2H2O4/c1-2-25-11-5-8-21(25)17-24-18-23(28)26-12-14-27(15-13-26)31(29,30)22-10-9-19-6-3-4-7-20(19)16-22;3-1(4)2(5)6/h3-4,6-7,9-10,16,21,24H,2,5,8,11-15,17-18H2,1H3;(H,3,4)(H,5,6). The molecule has 2 heterocycles. The van der Waals surface area contributed by atoms with Crippen LogP contribution in [0, 0.1) is 0 Å². The van der Waals surface area contributed by atoms with Crippen LogP contribution >= 0.6 is 0 Å². The Morgan fingerprint density at radius 1 is 0.946 bits per heavy atom. The Morgan fingerprint density at radius 3 is 2.22 bits per heavy atom. The highest BCUT2D eigenvalue weighted by Crippen LogP contribution is 2.23. The van der Waals surface area contributed by atoms with Crippen LogP contribution in [0.1, 0.15) is 19.8 Å². The minimum absolute atomic E-state index is 0.0452. The van der Waals surface area contributed by atoms with Crippen molar-refractivity contribution in [3.63, 3.8) is 0 Å². The summed E-state index contributed by atoms with van der Waals surface area (Å²) in [7, 11) is -3.57. The Morgan fingerprint density at radius 2 is 1.59 bits per heavy atom. The Hall–Kier alpha value is -3.06. The molecule has 0 radical (unpaired) electrons. The summed E-state index contributed by atoms with van der Waals surface area (Å²) in [6.07, 6.45) is 2.40. The van der Waals surface area contributed by atoms with Crippen molar-refractivity contribution in [3.05, 3.63) is 42.5 Å². The number of likely N-dealkylation sites (N-methyl/N-ethyl adjacent to an activating group) is 1. The molecular formula is C25H34N4O7S. The fraction of sp³-hybridized carbons (Fsp3) is 0.480. The molecule has 12 heteroatoms. The highest BCUT2D eigenvalue weighted by molar-refractivity contribution is 7.89. The first-order valence-corrected chi connectivity index (χ1v) is 13.7. The van der Waals surface area contributed by atoms with E-state index in [4.69, 9.17) is 19.8 Å². The van der Waals surface area contributed by atoms with Gasteiger partial charge in [-0.15, -0.1) is 0 Å². The number of rotatable bonds is 7. The fourth-order valence-corrected chi connectivity index (χ4v) is 6.11. The van der Waals surface area contributed by atoms with Crippen LogP contribution in [0.25, 0.3) is 10.8 Å². The third-order valence-electron chi connectivity index (χ3n) is 6.69. The van der Waals surface area contributed by atoms with Gasteiger partial charge in [-0.1, -0.05) is 37.3 Å². The Labute approximate surface area is 216 Å². The summed E-state index contributed by atoms with van der Waals surface area (Å²) in [5.74, 6) is -3.60. The van der Waals surface area contributed by atoms with Crippen molar-refractivity contribution in [2.75, 3.05) is 52.4 Å². The molecule has 3 N–H and O–H groups in total. The molecule has 2 aliphatic heterocycles.